The van der Waals surface area contributed by atoms with E-state index in [9.17, 15) is 0 Å². The summed E-state index contributed by atoms with van der Waals surface area (Å²) in [4.78, 5) is 3.75. The first-order valence-corrected chi connectivity index (χ1v) is 7.46. The molecular formula is C16H28N+. The second-order valence-corrected chi connectivity index (χ2v) is 6.07. The van der Waals surface area contributed by atoms with Crippen molar-refractivity contribution in [3.05, 3.63) is 11.6 Å². The minimum atomic E-state index is 0.493. The smallest absolute Gasteiger partial charge is 0.157 e. The first kappa shape index (κ1) is 12.9. The van der Waals surface area contributed by atoms with Gasteiger partial charge < -0.3 is 0 Å². The molecule has 0 fully saturated rings. The number of hydrogen-bond acceptors (Lipinski definition) is 0. The fourth-order valence-electron chi connectivity index (χ4n) is 3.76. The quantitative estimate of drug-likeness (QED) is 0.722. The van der Waals surface area contributed by atoms with Crippen molar-refractivity contribution in [2.75, 3.05) is 6.54 Å². The summed E-state index contributed by atoms with van der Waals surface area (Å²) < 4.78 is 0. The van der Waals surface area contributed by atoms with Crippen LogP contribution in [0.15, 0.2) is 11.6 Å². The van der Waals surface area contributed by atoms with E-state index in [2.05, 4.69) is 31.8 Å². The molecule has 0 amide bonds. The van der Waals surface area contributed by atoms with Crippen LogP contribution < -0.4 is 4.99 Å². The second-order valence-electron chi connectivity index (χ2n) is 6.07. The normalized spacial score (nSPS) is 33.5. The first-order chi connectivity index (χ1) is 8.19. The van der Waals surface area contributed by atoms with Crippen LogP contribution >= 0.6 is 0 Å². The van der Waals surface area contributed by atoms with Crippen LogP contribution in [0.4, 0.5) is 0 Å². The number of unbranched alkanes of at least 4 members (excludes halogenated alkanes) is 1. The van der Waals surface area contributed by atoms with Crippen molar-refractivity contribution in [2.45, 2.75) is 65.7 Å². The van der Waals surface area contributed by atoms with Crippen molar-refractivity contribution in [2.24, 2.45) is 11.3 Å². The van der Waals surface area contributed by atoms with Gasteiger partial charge in [-0.15, -0.1) is 0 Å². The number of hydrogen-bond donors (Lipinski definition) is 1. The fraction of sp³-hybridized carbons (Fsp3) is 0.812. The molecule has 2 rings (SSSR count). The van der Waals surface area contributed by atoms with Crippen LogP contribution in [0.25, 0.3) is 0 Å². The Hall–Kier alpha value is -0.590. The molecule has 0 aromatic heterocycles. The zero-order valence-electron chi connectivity index (χ0n) is 11.8. The van der Waals surface area contributed by atoms with Gasteiger partial charge in [0.1, 0.15) is 6.54 Å². The first-order valence-electron chi connectivity index (χ1n) is 7.46. The minimum absolute atomic E-state index is 0.493. The molecule has 1 heterocycles. The Morgan fingerprint density at radius 2 is 2.24 bits per heavy atom. The average molecular weight is 234 g/mol. The van der Waals surface area contributed by atoms with E-state index in [-0.39, 0.29) is 0 Å². The minimum Gasteiger partial charge on any atom is -0.249 e. The highest BCUT2D eigenvalue weighted by Crippen LogP contribution is 2.45. The number of nitrogens with one attached hydrogen (secondary N) is 1. The molecule has 0 aromatic rings. The summed E-state index contributed by atoms with van der Waals surface area (Å²) in [5.41, 5.74) is 3.78. The van der Waals surface area contributed by atoms with Gasteiger partial charge in [0.2, 0.25) is 0 Å². The van der Waals surface area contributed by atoms with E-state index >= 15 is 0 Å². The molecule has 1 nitrogen and oxygen atoms in total. The van der Waals surface area contributed by atoms with Crippen LogP contribution in [-0.4, -0.2) is 12.3 Å². The predicted molar refractivity (Wildman–Crippen MR) is 74.2 cm³/mol. The SMILES string of the molecule is CCCCC1=[NH+]CCC[C@@]12CCC(C)=C[C@H]2C. The van der Waals surface area contributed by atoms with Gasteiger partial charge in [0, 0.05) is 12.8 Å². The maximum atomic E-state index is 3.75. The maximum Gasteiger partial charge on any atom is 0.157 e. The summed E-state index contributed by atoms with van der Waals surface area (Å²) in [5, 5.41) is 0. The molecule has 0 radical (unpaired) electrons. The second kappa shape index (κ2) is 5.37. The van der Waals surface area contributed by atoms with E-state index in [0.717, 1.165) is 5.92 Å². The van der Waals surface area contributed by atoms with Crippen molar-refractivity contribution in [1.29, 1.82) is 0 Å². The fourth-order valence-corrected chi connectivity index (χ4v) is 3.76. The van der Waals surface area contributed by atoms with E-state index in [4.69, 9.17) is 0 Å². The topological polar surface area (TPSA) is 14.0 Å². The van der Waals surface area contributed by atoms with Crippen LogP contribution in [-0.2, 0) is 0 Å². The van der Waals surface area contributed by atoms with Crippen LogP contribution in [0.3, 0.4) is 0 Å². The summed E-state index contributed by atoms with van der Waals surface area (Å²) in [7, 11) is 0. The molecule has 1 spiro atoms. The Kier molecular flexibility index (Phi) is 4.06. The van der Waals surface area contributed by atoms with E-state index < -0.39 is 0 Å². The van der Waals surface area contributed by atoms with Gasteiger partial charge in [-0.2, -0.15) is 0 Å². The third kappa shape index (κ3) is 2.48. The maximum absolute atomic E-state index is 3.75. The molecule has 1 N–H and O–H groups in total. The average Bonchev–Trinajstić information content (AvgIpc) is 2.33. The summed E-state index contributed by atoms with van der Waals surface area (Å²) in [6.07, 6.45) is 11.9. The van der Waals surface area contributed by atoms with Gasteiger partial charge in [0.25, 0.3) is 0 Å². The zero-order valence-corrected chi connectivity index (χ0v) is 11.8. The third-order valence-corrected chi connectivity index (χ3v) is 4.89. The van der Waals surface area contributed by atoms with Gasteiger partial charge in [-0.25, -0.2) is 4.99 Å². The zero-order chi connectivity index (χ0) is 12.3. The standard InChI is InChI=1S/C16H27N/c1-4-5-7-15-16(9-6-11-17-15)10-8-13(2)12-14(16)3/h12,14H,4-11H2,1-3H3/p+1/t14-,16+/m1/s1. The molecule has 1 heteroatoms. The molecule has 0 bridgehead atoms. The van der Waals surface area contributed by atoms with Crippen molar-refractivity contribution in [3.63, 3.8) is 0 Å². The Morgan fingerprint density at radius 3 is 2.94 bits per heavy atom. The van der Waals surface area contributed by atoms with E-state index in [1.807, 2.05) is 0 Å². The van der Waals surface area contributed by atoms with Gasteiger partial charge in [0.05, 0.1) is 5.41 Å². The highest BCUT2D eigenvalue weighted by Gasteiger charge is 2.45. The Morgan fingerprint density at radius 1 is 1.41 bits per heavy atom. The van der Waals surface area contributed by atoms with E-state index in [0.29, 0.717) is 5.41 Å². The molecule has 0 unspecified atom stereocenters. The Balaban J connectivity index is 2.21. The van der Waals surface area contributed by atoms with Gasteiger partial charge >= 0.3 is 0 Å². The number of rotatable bonds is 3. The predicted octanol–water partition coefficient (Wildman–Crippen LogP) is 2.85. The lowest BCUT2D eigenvalue weighted by molar-refractivity contribution is -0.472. The van der Waals surface area contributed by atoms with Gasteiger partial charge in [0.15, 0.2) is 5.71 Å². The highest BCUT2D eigenvalue weighted by atomic mass is 14.8. The molecular weight excluding hydrogens is 206 g/mol. The van der Waals surface area contributed by atoms with Crippen LogP contribution in [0.1, 0.15) is 65.7 Å². The van der Waals surface area contributed by atoms with Crippen LogP contribution in [0, 0.1) is 11.3 Å². The highest BCUT2D eigenvalue weighted by molar-refractivity contribution is 5.86. The summed E-state index contributed by atoms with van der Waals surface area (Å²) >= 11 is 0. The monoisotopic (exact) mass is 234 g/mol. The molecule has 0 saturated carbocycles. The lowest BCUT2D eigenvalue weighted by Gasteiger charge is -2.41. The summed E-state index contributed by atoms with van der Waals surface area (Å²) in [6, 6.07) is 0. The van der Waals surface area contributed by atoms with Gasteiger partial charge in [-0.05, 0) is 38.5 Å². The third-order valence-electron chi connectivity index (χ3n) is 4.89. The summed E-state index contributed by atoms with van der Waals surface area (Å²) in [5.74, 6) is 0.732. The van der Waals surface area contributed by atoms with Crippen molar-refractivity contribution in [3.8, 4) is 0 Å². The molecule has 1 aliphatic heterocycles. The molecule has 2 aliphatic rings. The van der Waals surface area contributed by atoms with Crippen LogP contribution in [0.2, 0.25) is 0 Å². The molecule has 1 aliphatic carbocycles. The number of allylic oxidation sites excluding steroid dienone is 2. The Bertz CT molecular complexity index is 326. The molecule has 17 heavy (non-hydrogen) atoms. The van der Waals surface area contributed by atoms with E-state index in [1.54, 1.807) is 11.3 Å². The van der Waals surface area contributed by atoms with Crippen molar-refractivity contribution >= 4 is 5.71 Å². The van der Waals surface area contributed by atoms with E-state index in [1.165, 1.54) is 51.5 Å². The molecule has 0 aromatic carbocycles. The van der Waals surface area contributed by atoms with Gasteiger partial charge in [-0.3, -0.25) is 0 Å². The van der Waals surface area contributed by atoms with Crippen LogP contribution in [0.5, 0.6) is 0 Å². The lowest BCUT2D eigenvalue weighted by Crippen LogP contribution is -2.79. The van der Waals surface area contributed by atoms with Crippen molar-refractivity contribution in [1.82, 2.24) is 0 Å². The molecule has 0 saturated heterocycles. The lowest BCUT2D eigenvalue weighted by atomic mass is 9.61. The van der Waals surface area contributed by atoms with Crippen molar-refractivity contribution < 1.29 is 4.99 Å². The molecule has 96 valence electrons. The summed E-state index contributed by atoms with van der Waals surface area (Å²) in [6.45, 7) is 8.23. The van der Waals surface area contributed by atoms with Gasteiger partial charge in [-0.1, -0.05) is 31.9 Å². The Labute approximate surface area is 106 Å². The molecule has 2 atom stereocenters. The largest absolute Gasteiger partial charge is 0.249 e.